The van der Waals surface area contributed by atoms with Crippen molar-refractivity contribution in [2.75, 3.05) is 13.2 Å². The summed E-state index contributed by atoms with van der Waals surface area (Å²) in [6, 6.07) is 10.6. The Kier molecular flexibility index (Phi) is 7.83. The molecule has 162 valence electrons. The highest BCUT2D eigenvalue weighted by Crippen LogP contribution is 2.39. The molecule has 1 aliphatic heterocycles. The van der Waals surface area contributed by atoms with Gasteiger partial charge < -0.3 is 14.6 Å². The van der Waals surface area contributed by atoms with Gasteiger partial charge in [-0.15, -0.1) is 0 Å². The average molecular weight is 498 g/mol. The molecule has 3 rings (SSSR count). The van der Waals surface area contributed by atoms with Crippen LogP contribution in [0.3, 0.4) is 0 Å². The fraction of sp³-hybridized carbons (Fsp3) is 0.190. The van der Waals surface area contributed by atoms with Crippen molar-refractivity contribution < 1.29 is 24.2 Å². The molecule has 1 amide bonds. The molecule has 2 aromatic rings. The van der Waals surface area contributed by atoms with Gasteiger partial charge in [0.2, 0.25) is 0 Å². The molecule has 0 unspecified atom stereocenters. The number of aliphatic carboxylic acids is 1. The minimum absolute atomic E-state index is 0.192. The van der Waals surface area contributed by atoms with Crippen LogP contribution < -0.4 is 9.47 Å². The maximum absolute atomic E-state index is 12.5. The quantitative estimate of drug-likeness (QED) is 0.393. The number of rotatable bonds is 8. The van der Waals surface area contributed by atoms with Gasteiger partial charge in [0, 0.05) is 5.02 Å². The Labute approximate surface area is 198 Å². The maximum atomic E-state index is 12.5. The monoisotopic (exact) mass is 497 g/mol. The van der Waals surface area contributed by atoms with E-state index in [0.29, 0.717) is 38.6 Å². The van der Waals surface area contributed by atoms with E-state index in [4.69, 9.17) is 50.0 Å². The molecule has 0 radical (unpaired) electrons. The third-order valence-corrected chi connectivity index (χ3v) is 6.00. The van der Waals surface area contributed by atoms with E-state index >= 15 is 0 Å². The fourth-order valence-corrected chi connectivity index (χ4v) is 4.39. The molecule has 0 aliphatic carbocycles. The Morgan fingerprint density at radius 2 is 1.94 bits per heavy atom. The number of thiocarbonyl (C=S) groups is 1. The Balaban J connectivity index is 1.85. The molecule has 0 aromatic heterocycles. The Morgan fingerprint density at radius 3 is 2.58 bits per heavy atom. The summed E-state index contributed by atoms with van der Waals surface area (Å²) in [5.41, 5.74) is 1.51. The fourth-order valence-electron chi connectivity index (χ4n) is 2.73. The zero-order valence-electron chi connectivity index (χ0n) is 16.3. The van der Waals surface area contributed by atoms with Gasteiger partial charge in [0.1, 0.15) is 17.5 Å². The van der Waals surface area contributed by atoms with Crippen LogP contribution in [0.5, 0.6) is 11.5 Å². The lowest BCUT2D eigenvalue weighted by Crippen LogP contribution is -2.33. The Hall–Kier alpha value is -2.26. The highest BCUT2D eigenvalue weighted by molar-refractivity contribution is 8.26. The smallest absolute Gasteiger partial charge is 0.323 e. The third-order valence-electron chi connectivity index (χ3n) is 4.09. The van der Waals surface area contributed by atoms with Crippen LogP contribution in [-0.4, -0.2) is 39.4 Å². The molecule has 1 fully saturated rings. The second kappa shape index (κ2) is 10.4. The van der Waals surface area contributed by atoms with Crippen molar-refractivity contribution in [3.63, 3.8) is 0 Å². The first-order valence-electron chi connectivity index (χ1n) is 9.09. The van der Waals surface area contributed by atoms with E-state index in [9.17, 15) is 9.59 Å². The molecule has 0 atom stereocenters. The predicted octanol–water partition coefficient (Wildman–Crippen LogP) is 5.26. The largest absolute Gasteiger partial charge is 0.490 e. The summed E-state index contributed by atoms with van der Waals surface area (Å²) >= 11 is 18.5. The summed E-state index contributed by atoms with van der Waals surface area (Å²) in [7, 11) is 0. The Morgan fingerprint density at radius 1 is 1.23 bits per heavy atom. The number of carbonyl (C=O) groups is 2. The van der Waals surface area contributed by atoms with Crippen LogP contribution in [0.2, 0.25) is 10.0 Å². The third kappa shape index (κ3) is 5.92. The molecule has 1 aliphatic rings. The normalized spacial score (nSPS) is 14.9. The summed E-state index contributed by atoms with van der Waals surface area (Å²) in [4.78, 5) is 24.8. The molecule has 0 bridgehead atoms. The number of hydrogen-bond acceptors (Lipinski definition) is 6. The van der Waals surface area contributed by atoms with Gasteiger partial charge in [0.15, 0.2) is 11.5 Å². The number of nitrogens with zero attached hydrogens (tertiary/aromatic N) is 1. The Bertz CT molecular complexity index is 1060. The molecule has 6 nitrogen and oxygen atoms in total. The van der Waals surface area contributed by atoms with Crippen molar-refractivity contribution in [2.24, 2.45) is 0 Å². The molecule has 10 heteroatoms. The van der Waals surface area contributed by atoms with E-state index in [1.54, 1.807) is 30.3 Å². The summed E-state index contributed by atoms with van der Waals surface area (Å²) in [6.07, 6.45) is 1.60. The van der Waals surface area contributed by atoms with Crippen LogP contribution in [-0.2, 0) is 16.2 Å². The molecule has 1 heterocycles. The number of halogens is 2. The number of hydrogen-bond donors (Lipinski definition) is 1. The molecule has 1 saturated heterocycles. The van der Waals surface area contributed by atoms with Crippen molar-refractivity contribution >= 4 is 69.5 Å². The summed E-state index contributed by atoms with van der Waals surface area (Å²) < 4.78 is 11.8. The maximum Gasteiger partial charge on any atom is 0.323 e. The van der Waals surface area contributed by atoms with Gasteiger partial charge in [-0.3, -0.25) is 14.5 Å². The van der Waals surface area contributed by atoms with Gasteiger partial charge in [-0.05, 0) is 48.4 Å². The first-order valence-corrected chi connectivity index (χ1v) is 11.1. The number of benzene rings is 2. The van der Waals surface area contributed by atoms with Crippen molar-refractivity contribution in [1.29, 1.82) is 0 Å². The van der Waals surface area contributed by atoms with E-state index in [2.05, 4.69) is 0 Å². The van der Waals surface area contributed by atoms with Crippen LogP contribution in [0.25, 0.3) is 6.08 Å². The van der Waals surface area contributed by atoms with Crippen molar-refractivity contribution in [3.8, 4) is 11.5 Å². The lowest BCUT2D eigenvalue weighted by atomic mass is 10.1. The summed E-state index contributed by atoms with van der Waals surface area (Å²) in [5, 5.41) is 9.90. The minimum atomic E-state index is -1.14. The van der Waals surface area contributed by atoms with E-state index in [-0.39, 0.29) is 10.9 Å². The molecule has 0 saturated carbocycles. The molecule has 2 aromatic carbocycles. The zero-order chi connectivity index (χ0) is 22.5. The van der Waals surface area contributed by atoms with E-state index in [0.717, 1.165) is 22.2 Å². The summed E-state index contributed by atoms with van der Waals surface area (Å²) in [5.74, 6) is -0.791. The van der Waals surface area contributed by atoms with Gasteiger partial charge in [0.05, 0.1) is 16.5 Å². The SMILES string of the molecule is CCOc1cc(C=C2SC(=S)N(CC(=O)O)C2=O)cc(Cl)c1OCc1ccc(Cl)cc1. The van der Waals surface area contributed by atoms with Crippen LogP contribution in [0.15, 0.2) is 41.3 Å². The predicted molar refractivity (Wildman–Crippen MR) is 126 cm³/mol. The zero-order valence-corrected chi connectivity index (χ0v) is 19.4. The first-order chi connectivity index (χ1) is 14.8. The lowest BCUT2D eigenvalue weighted by molar-refractivity contribution is -0.140. The standard InChI is InChI=1S/C21H17Cl2NO5S2/c1-2-28-16-8-13(9-17-20(27)24(10-18(25)26)21(30)31-17)7-15(23)19(16)29-11-12-3-5-14(22)6-4-12/h3-9H,2,10-11H2,1H3,(H,25,26). The number of thioether (sulfide) groups is 1. The van der Waals surface area contributed by atoms with Crippen molar-refractivity contribution in [1.82, 2.24) is 4.90 Å². The van der Waals surface area contributed by atoms with Gasteiger partial charge in [0.25, 0.3) is 5.91 Å². The number of carboxylic acids is 1. The van der Waals surface area contributed by atoms with Crippen molar-refractivity contribution in [2.45, 2.75) is 13.5 Å². The van der Waals surface area contributed by atoms with E-state index in [1.165, 1.54) is 0 Å². The number of carbonyl (C=O) groups excluding carboxylic acids is 1. The number of carboxylic acid groups (broad SMARTS) is 1. The van der Waals surface area contributed by atoms with Gasteiger partial charge in [-0.2, -0.15) is 0 Å². The average Bonchev–Trinajstić information content (AvgIpc) is 2.96. The minimum Gasteiger partial charge on any atom is -0.490 e. The van der Waals surface area contributed by atoms with Gasteiger partial charge in [-0.25, -0.2) is 0 Å². The summed E-state index contributed by atoms with van der Waals surface area (Å²) in [6.45, 7) is 2.01. The van der Waals surface area contributed by atoms with Crippen LogP contribution in [0, 0.1) is 0 Å². The highest BCUT2D eigenvalue weighted by atomic mass is 35.5. The van der Waals surface area contributed by atoms with E-state index < -0.39 is 18.4 Å². The lowest BCUT2D eigenvalue weighted by Gasteiger charge is -2.15. The molecule has 0 spiro atoms. The van der Waals surface area contributed by atoms with E-state index in [1.807, 2.05) is 19.1 Å². The number of amides is 1. The molecule has 31 heavy (non-hydrogen) atoms. The number of ether oxygens (including phenoxy) is 2. The van der Waals surface area contributed by atoms with Crippen molar-refractivity contribution in [3.05, 3.63) is 62.5 Å². The second-order valence-electron chi connectivity index (χ2n) is 6.34. The van der Waals surface area contributed by atoms with Crippen LogP contribution in [0.1, 0.15) is 18.1 Å². The first kappa shape index (κ1) is 23.4. The highest BCUT2D eigenvalue weighted by Gasteiger charge is 2.33. The van der Waals surface area contributed by atoms with Gasteiger partial charge >= 0.3 is 5.97 Å². The molecular formula is C21H17Cl2NO5S2. The van der Waals surface area contributed by atoms with Gasteiger partial charge in [-0.1, -0.05) is 59.3 Å². The van der Waals surface area contributed by atoms with Crippen LogP contribution in [0.4, 0.5) is 0 Å². The second-order valence-corrected chi connectivity index (χ2v) is 8.86. The van der Waals surface area contributed by atoms with Crippen LogP contribution >= 0.6 is 47.2 Å². The molecule has 1 N–H and O–H groups in total. The molecular weight excluding hydrogens is 481 g/mol. The topological polar surface area (TPSA) is 76.1 Å².